The molecule has 0 aliphatic carbocycles. The van der Waals surface area contributed by atoms with Crippen LogP contribution < -0.4 is 0 Å². The molecule has 2 aromatic rings. The number of rotatable bonds is 2. The molecule has 4 heteroatoms. The van der Waals surface area contributed by atoms with Crippen molar-refractivity contribution in [3.05, 3.63) is 47.0 Å². The lowest BCUT2D eigenvalue weighted by Crippen LogP contribution is -1.92. The molecule has 2 heterocycles. The Kier molecular flexibility index (Phi) is 3.01. The van der Waals surface area contributed by atoms with Crippen LogP contribution in [-0.2, 0) is 7.05 Å². The van der Waals surface area contributed by atoms with Gasteiger partial charge in [0.2, 0.25) is 0 Å². The molecular weight excluding hydrogens is 212 g/mol. The molecule has 0 atom stereocenters. The third kappa shape index (κ3) is 2.23. The van der Waals surface area contributed by atoms with E-state index in [4.69, 9.17) is 5.26 Å². The van der Waals surface area contributed by atoms with Gasteiger partial charge in [0.1, 0.15) is 6.07 Å². The fourth-order valence-corrected chi connectivity index (χ4v) is 1.50. The Morgan fingerprint density at radius 3 is 2.71 bits per heavy atom. The summed E-state index contributed by atoms with van der Waals surface area (Å²) in [6.45, 7) is 2.00. The third-order valence-electron chi connectivity index (χ3n) is 2.69. The fraction of sp³-hybridized carbons (Fsp3) is 0.154. The first-order valence-corrected chi connectivity index (χ1v) is 5.23. The van der Waals surface area contributed by atoms with Crippen molar-refractivity contribution < 1.29 is 0 Å². The highest BCUT2D eigenvalue weighted by molar-refractivity contribution is 5.72. The van der Waals surface area contributed by atoms with Crippen LogP contribution in [0.25, 0.3) is 12.2 Å². The SMILES string of the molecule is Cc1c(/C=C/c2ccncc2C#N)cnn1C. The monoisotopic (exact) mass is 224 g/mol. The smallest absolute Gasteiger partial charge is 0.101 e. The lowest BCUT2D eigenvalue weighted by atomic mass is 10.1. The maximum Gasteiger partial charge on any atom is 0.101 e. The van der Waals surface area contributed by atoms with Gasteiger partial charge in [-0.2, -0.15) is 10.4 Å². The van der Waals surface area contributed by atoms with Crippen LogP contribution in [0.3, 0.4) is 0 Å². The molecule has 0 unspecified atom stereocenters. The van der Waals surface area contributed by atoms with Gasteiger partial charge in [-0.15, -0.1) is 0 Å². The van der Waals surface area contributed by atoms with Crippen LogP contribution in [0, 0.1) is 18.3 Å². The van der Waals surface area contributed by atoms with Gasteiger partial charge < -0.3 is 0 Å². The zero-order chi connectivity index (χ0) is 12.3. The van der Waals surface area contributed by atoms with Crippen molar-refractivity contribution in [1.29, 1.82) is 5.26 Å². The zero-order valence-corrected chi connectivity index (χ0v) is 9.75. The van der Waals surface area contributed by atoms with Gasteiger partial charge in [0.15, 0.2) is 0 Å². The molecule has 0 fully saturated rings. The molecule has 0 saturated carbocycles. The molecule has 0 aliphatic rings. The Bertz CT molecular complexity index is 602. The second-order valence-corrected chi connectivity index (χ2v) is 3.72. The standard InChI is InChI=1S/C13H12N4/c1-10-12(9-16-17(10)2)4-3-11-5-6-15-8-13(11)7-14/h3-6,8-9H,1-2H3/b4-3+. The summed E-state index contributed by atoms with van der Waals surface area (Å²) in [4.78, 5) is 3.92. The summed E-state index contributed by atoms with van der Waals surface area (Å²) in [5.74, 6) is 0. The quantitative estimate of drug-likeness (QED) is 0.785. The molecule has 4 nitrogen and oxygen atoms in total. The maximum absolute atomic E-state index is 8.93. The van der Waals surface area contributed by atoms with Crippen molar-refractivity contribution >= 4 is 12.2 Å². The summed E-state index contributed by atoms with van der Waals surface area (Å²) in [6.07, 6.45) is 8.91. The lowest BCUT2D eigenvalue weighted by Gasteiger charge is -1.96. The Morgan fingerprint density at radius 1 is 1.29 bits per heavy atom. The van der Waals surface area contributed by atoms with E-state index in [1.54, 1.807) is 18.6 Å². The number of nitriles is 1. The molecular formula is C13H12N4. The van der Waals surface area contributed by atoms with Crippen LogP contribution in [0.1, 0.15) is 22.4 Å². The van der Waals surface area contributed by atoms with Crippen molar-refractivity contribution in [2.45, 2.75) is 6.92 Å². The molecule has 84 valence electrons. The summed E-state index contributed by atoms with van der Waals surface area (Å²) in [6, 6.07) is 3.94. The van der Waals surface area contributed by atoms with Gasteiger partial charge in [0.05, 0.1) is 11.8 Å². The van der Waals surface area contributed by atoms with E-state index in [0.717, 1.165) is 16.8 Å². The number of aromatic nitrogens is 3. The van der Waals surface area contributed by atoms with Crippen molar-refractivity contribution in [2.24, 2.45) is 7.05 Å². The summed E-state index contributed by atoms with van der Waals surface area (Å²) < 4.78 is 1.82. The predicted molar refractivity (Wildman–Crippen MR) is 65.8 cm³/mol. The molecule has 2 rings (SSSR count). The van der Waals surface area contributed by atoms with Crippen molar-refractivity contribution in [3.63, 3.8) is 0 Å². The molecule has 0 spiro atoms. The lowest BCUT2D eigenvalue weighted by molar-refractivity contribution is 0.740. The maximum atomic E-state index is 8.93. The molecule has 2 aromatic heterocycles. The van der Waals surface area contributed by atoms with E-state index in [0.29, 0.717) is 5.56 Å². The van der Waals surface area contributed by atoms with E-state index in [9.17, 15) is 0 Å². The topological polar surface area (TPSA) is 54.5 Å². The van der Waals surface area contributed by atoms with Crippen LogP contribution in [0.15, 0.2) is 24.7 Å². The number of hydrogen-bond acceptors (Lipinski definition) is 3. The van der Waals surface area contributed by atoms with Crippen LogP contribution in [-0.4, -0.2) is 14.8 Å². The first-order chi connectivity index (χ1) is 8.22. The molecule has 0 amide bonds. The first kappa shape index (κ1) is 11.1. The number of hydrogen-bond donors (Lipinski definition) is 0. The normalized spacial score (nSPS) is 10.6. The Labute approximate surface area is 99.8 Å². The van der Waals surface area contributed by atoms with Gasteiger partial charge in [0.25, 0.3) is 0 Å². The van der Waals surface area contributed by atoms with E-state index in [1.807, 2.05) is 36.9 Å². The summed E-state index contributed by atoms with van der Waals surface area (Å²) in [5.41, 5.74) is 3.58. The van der Waals surface area contributed by atoms with Gasteiger partial charge >= 0.3 is 0 Å². The molecule has 0 N–H and O–H groups in total. The van der Waals surface area contributed by atoms with Crippen molar-refractivity contribution in [2.75, 3.05) is 0 Å². The van der Waals surface area contributed by atoms with E-state index >= 15 is 0 Å². The van der Waals surface area contributed by atoms with Crippen molar-refractivity contribution in [1.82, 2.24) is 14.8 Å². The average molecular weight is 224 g/mol. The van der Waals surface area contributed by atoms with Crippen molar-refractivity contribution in [3.8, 4) is 6.07 Å². The predicted octanol–water partition coefficient (Wildman–Crippen LogP) is 2.17. The van der Waals surface area contributed by atoms with E-state index in [1.165, 1.54) is 0 Å². The highest BCUT2D eigenvalue weighted by Gasteiger charge is 2.00. The Balaban J connectivity index is 2.33. The summed E-state index contributed by atoms with van der Waals surface area (Å²) in [5, 5.41) is 13.1. The molecule has 17 heavy (non-hydrogen) atoms. The van der Waals surface area contributed by atoms with E-state index in [2.05, 4.69) is 16.2 Å². The minimum absolute atomic E-state index is 0.574. The molecule has 0 aliphatic heterocycles. The van der Waals surface area contributed by atoms with Crippen LogP contribution in [0.2, 0.25) is 0 Å². The minimum atomic E-state index is 0.574. The second kappa shape index (κ2) is 4.62. The van der Waals surface area contributed by atoms with Gasteiger partial charge in [-0.1, -0.05) is 12.2 Å². The van der Waals surface area contributed by atoms with E-state index < -0.39 is 0 Å². The Hall–Kier alpha value is -2.41. The summed E-state index contributed by atoms with van der Waals surface area (Å²) >= 11 is 0. The molecule has 0 saturated heterocycles. The highest BCUT2D eigenvalue weighted by atomic mass is 15.3. The molecule has 0 aromatic carbocycles. The van der Waals surface area contributed by atoms with Gasteiger partial charge in [-0.3, -0.25) is 9.67 Å². The van der Waals surface area contributed by atoms with Gasteiger partial charge in [-0.25, -0.2) is 0 Å². The molecule has 0 bridgehead atoms. The zero-order valence-electron chi connectivity index (χ0n) is 9.75. The minimum Gasteiger partial charge on any atom is -0.272 e. The number of pyridine rings is 1. The highest BCUT2D eigenvalue weighted by Crippen LogP contribution is 2.13. The van der Waals surface area contributed by atoms with E-state index in [-0.39, 0.29) is 0 Å². The van der Waals surface area contributed by atoms with Crippen LogP contribution >= 0.6 is 0 Å². The second-order valence-electron chi connectivity index (χ2n) is 3.72. The van der Waals surface area contributed by atoms with Crippen LogP contribution in [0.5, 0.6) is 0 Å². The third-order valence-corrected chi connectivity index (χ3v) is 2.69. The fourth-order valence-electron chi connectivity index (χ4n) is 1.50. The number of nitrogens with zero attached hydrogens (tertiary/aromatic N) is 4. The largest absolute Gasteiger partial charge is 0.272 e. The van der Waals surface area contributed by atoms with Gasteiger partial charge in [-0.05, 0) is 18.6 Å². The Morgan fingerprint density at radius 2 is 2.06 bits per heavy atom. The van der Waals surface area contributed by atoms with Crippen LogP contribution in [0.4, 0.5) is 0 Å². The van der Waals surface area contributed by atoms with Gasteiger partial charge in [0, 0.05) is 30.7 Å². The first-order valence-electron chi connectivity index (χ1n) is 5.23. The molecule has 0 radical (unpaired) electrons. The number of aryl methyl sites for hydroxylation is 1. The summed E-state index contributed by atoms with van der Waals surface area (Å²) in [7, 11) is 1.90. The average Bonchev–Trinajstić information content (AvgIpc) is 2.68.